The monoisotopic (exact) mass is 250 g/mol. The molecule has 0 saturated carbocycles. The highest BCUT2D eigenvalue weighted by molar-refractivity contribution is 7.99. The molecule has 0 spiro atoms. The first kappa shape index (κ1) is 10.8. The molecule has 5 heteroatoms. The van der Waals surface area contributed by atoms with Gasteiger partial charge in [0.2, 0.25) is 0 Å². The number of aromatic nitrogens is 2. The van der Waals surface area contributed by atoms with Crippen molar-refractivity contribution in [2.24, 2.45) is 0 Å². The molecule has 88 valence electrons. The summed E-state index contributed by atoms with van der Waals surface area (Å²) in [6.45, 7) is 0. The number of fused-ring (bicyclic) bond motifs is 1. The third-order valence-electron chi connectivity index (χ3n) is 2.94. The van der Waals surface area contributed by atoms with Crippen LogP contribution in [0.2, 0.25) is 0 Å². The maximum absolute atomic E-state index is 13.5. The molecule has 3 nitrogen and oxygen atoms in total. The van der Waals surface area contributed by atoms with Gasteiger partial charge < -0.3 is 4.98 Å². The van der Waals surface area contributed by atoms with Gasteiger partial charge >= 0.3 is 0 Å². The molecule has 1 aromatic heterocycles. The molecule has 2 aromatic rings. The number of benzene rings is 1. The fraction of sp³-hybridized carbons (Fsp3) is 0.333. The van der Waals surface area contributed by atoms with E-state index >= 15 is 0 Å². The largest absolute Gasteiger partial charge is 0.309 e. The third-order valence-corrected chi connectivity index (χ3v) is 4.32. The van der Waals surface area contributed by atoms with Gasteiger partial charge in [0, 0.05) is 0 Å². The highest BCUT2D eigenvalue weighted by Gasteiger charge is 2.21. The van der Waals surface area contributed by atoms with E-state index in [2.05, 4.69) is 9.97 Å². The van der Waals surface area contributed by atoms with Crippen LogP contribution in [-0.4, -0.2) is 15.7 Å². The highest BCUT2D eigenvalue weighted by Crippen LogP contribution is 2.37. The molecule has 0 bridgehead atoms. The minimum absolute atomic E-state index is 0.0549. The molecule has 0 amide bonds. The van der Waals surface area contributed by atoms with Gasteiger partial charge in [0.25, 0.3) is 5.56 Å². The van der Waals surface area contributed by atoms with Crippen LogP contribution in [0.15, 0.2) is 23.0 Å². The minimum atomic E-state index is -0.512. The molecule has 3 rings (SSSR count). The first-order valence-corrected chi connectivity index (χ1v) is 6.60. The van der Waals surface area contributed by atoms with E-state index in [1.165, 1.54) is 6.07 Å². The molecule has 1 saturated heterocycles. The average Bonchev–Trinajstić information content (AvgIpc) is 2.81. The van der Waals surface area contributed by atoms with Crippen LogP contribution in [0.4, 0.5) is 4.39 Å². The summed E-state index contributed by atoms with van der Waals surface area (Å²) in [4.78, 5) is 18.9. The Labute approximate surface area is 101 Å². The van der Waals surface area contributed by atoms with Crippen LogP contribution in [0.3, 0.4) is 0 Å². The van der Waals surface area contributed by atoms with Crippen molar-refractivity contribution in [1.82, 2.24) is 9.97 Å². The van der Waals surface area contributed by atoms with Gasteiger partial charge in [-0.15, -0.1) is 0 Å². The molecule has 1 aliphatic rings. The minimum Gasteiger partial charge on any atom is -0.309 e. The fourth-order valence-corrected chi connectivity index (χ4v) is 3.33. The van der Waals surface area contributed by atoms with Crippen LogP contribution in [0.5, 0.6) is 0 Å². The molecule has 17 heavy (non-hydrogen) atoms. The summed E-state index contributed by atoms with van der Waals surface area (Å²) in [6, 6.07) is 4.54. The topological polar surface area (TPSA) is 45.8 Å². The van der Waals surface area contributed by atoms with E-state index < -0.39 is 5.82 Å². The number of nitrogens with one attached hydrogen (secondary N) is 1. The lowest BCUT2D eigenvalue weighted by Gasteiger charge is -2.08. The lowest BCUT2D eigenvalue weighted by atomic mass is 10.2. The van der Waals surface area contributed by atoms with Crippen molar-refractivity contribution in [1.29, 1.82) is 0 Å². The van der Waals surface area contributed by atoms with E-state index in [1.807, 2.05) is 0 Å². The maximum atomic E-state index is 13.5. The van der Waals surface area contributed by atoms with Crippen LogP contribution in [0.1, 0.15) is 23.9 Å². The molecular formula is C12H11FN2OS. The van der Waals surface area contributed by atoms with Crippen molar-refractivity contribution in [3.05, 3.63) is 40.2 Å². The molecule has 1 fully saturated rings. The van der Waals surface area contributed by atoms with E-state index in [-0.39, 0.29) is 16.2 Å². The molecule has 1 atom stereocenters. The summed E-state index contributed by atoms with van der Waals surface area (Å²) in [5.74, 6) is 1.26. The second kappa shape index (κ2) is 4.14. The highest BCUT2D eigenvalue weighted by atomic mass is 32.2. The summed E-state index contributed by atoms with van der Waals surface area (Å²) in [6.07, 6.45) is 2.16. The third kappa shape index (κ3) is 1.84. The summed E-state index contributed by atoms with van der Waals surface area (Å²) < 4.78 is 13.5. The Bertz CT molecular complexity index is 619. The maximum Gasteiger partial charge on any atom is 0.261 e. The van der Waals surface area contributed by atoms with Crippen molar-refractivity contribution < 1.29 is 4.39 Å². The standard InChI is InChI=1S/C12H11FN2OS/c13-7-3-1-4-8-10(7)12(16)15-11(14-8)9-5-2-6-17-9/h1,3-4,9H,2,5-6H2,(H,14,15,16). The molecule has 2 heterocycles. The van der Waals surface area contributed by atoms with Crippen LogP contribution < -0.4 is 5.56 Å². The predicted molar refractivity (Wildman–Crippen MR) is 66.8 cm³/mol. The zero-order chi connectivity index (χ0) is 11.8. The van der Waals surface area contributed by atoms with Gasteiger partial charge in [-0.05, 0) is 30.7 Å². The van der Waals surface area contributed by atoms with E-state index in [9.17, 15) is 9.18 Å². The van der Waals surface area contributed by atoms with E-state index in [0.717, 1.165) is 18.6 Å². The van der Waals surface area contributed by atoms with Crippen molar-refractivity contribution in [2.75, 3.05) is 5.75 Å². The number of hydrogen-bond donors (Lipinski definition) is 1. The molecule has 0 aliphatic carbocycles. The van der Waals surface area contributed by atoms with Crippen molar-refractivity contribution in [3.8, 4) is 0 Å². The molecule has 1 N–H and O–H groups in total. The Morgan fingerprint density at radius 1 is 1.47 bits per heavy atom. The Morgan fingerprint density at radius 2 is 2.35 bits per heavy atom. The number of hydrogen-bond acceptors (Lipinski definition) is 3. The summed E-state index contributed by atoms with van der Waals surface area (Å²) in [5.41, 5.74) is 0.0619. The first-order chi connectivity index (χ1) is 8.25. The number of rotatable bonds is 1. The van der Waals surface area contributed by atoms with Gasteiger partial charge in [-0.2, -0.15) is 11.8 Å². The SMILES string of the molecule is O=c1[nH]c(C2CCCS2)nc2cccc(F)c12. The normalized spacial score (nSPS) is 19.9. The van der Waals surface area contributed by atoms with Gasteiger partial charge in [0.1, 0.15) is 17.0 Å². The predicted octanol–water partition coefficient (Wildman–Crippen LogP) is 2.63. The lowest BCUT2D eigenvalue weighted by Crippen LogP contribution is -2.14. The van der Waals surface area contributed by atoms with Crippen LogP contribution >= 0.6 is 11.8 Å². The zero-order valence-electron chi connectivity index (χ0n) is 9.07. The van der Waals surface area contributed by atoms with E-state index in [4.69, 9.17) is 0 Å². The van der Waals surface area contributed by atoms with Gasteiger partial charge in [-0.3, -0.25) is 4.79 Å². The van der Waals surface area contributed by atoms with Gasteiger partial charge in [0.15, 0.2) is 0 Å². The number of aromatic amines is 1. The molecule has 0 radical (unpaired) electrons. The summed E-state index contributed by atoms with van der Waals surface area (Å²) >= 11 is 1.79. The van der Waals surface area contributed by atoms with E-state index in [0.29, 0.717) is 11.3 Å². The van der Waals surface area contributed by atoms with Crippen LogP contribution in [-0.2, 0) is 0 Å². The number of halogens is 1. The summed E-state index contributed by atoms with van der Waals surface area (Å²) in [7, 11) is 0. The molecule has 1 unspecified atom stereocenters. The summed E-state index contributed by atoms with van der Waals surface area (Å²) in [5, 5.41) is 0.301. The number of nitrogens with zero attached hydrogens (tertiary/aromatic N) is 1. The zero-order valence-corrected chi connectivity index (χ0v) is 9.89. The Hall–Kier alpha value is -1.36. The Morgan fingerprint density at radius 3 is 3.12 bits per heavy atom. The average molecular weight is 250 g/mol. The van der Waals surface area contributed by atoms with Crippen LogP contribution in [0, 0.1) is 5.82 Å². The smallest absolute Gasteiger partial charge is 0.261 e. The Balaban J connectivity index is 2.20. The van der Waals surface area contributed by atoms with Gasteiger partial charge in [-0.1, -0.05) is 6.07 Å². The van der Waals surface area contributed by atoms with Crippen molar-refractivity contribution >= 4 is 22.7 Å². The van der Waals surface area contributed by atoms with Crippen molar-refractivity contribution in [2.45, 2.75) is 18.1 Å². The lowest BCUT2D eigenvalue weighted by molar-refractivity contribution is 0.637. The fourth-order valence-electron chi connectivity index (χ4n) is 2.11. The Kier molecular flexibility index (Phi) is 2.63. The quantitative estimate of drug-likeness (QED) is 0.846. The van der Waals surface area contributed by atoms with Gasteiger partial charge in [-0.25, -0.2) is 9.37 Å². The number of H-pyrrole nitrogens is 1. The number of thioether (sulfide) groups is 1. The molecule has 1 aliphatic heterocycles. The second-order valence-electron chi connectivity index (χ2n) is 4.09. The second-order valence-corrected chi connectivity index (χ2v) is 5.40. The van der Waals surface area contributed by atoms with E-state index in [1.54, 1.807) is 23.9 Å². The van der Waals surface area contributed by atoms with Crippen LogP contribution in [0.25, 0.3) is 10.9 Å². The first-order valence-electron chi connectivity index (χ1n) is 5.56. The van der Waals surface area contributed by atoms with Crippen molar-refractivity contribution in [3.63, 3.8) is 0 Å². The van der Waals surface area contributed by atoms with Gasteiger partial charge in [0.05, 0.1) is 10.8 Å². The molecular weight excluding hydrogens is 239 g/mol. The molecule has 1 aromatic carbocycles.